The minimum atomic E-state index is 0.334. The lowest BCUT2D eigenvalue weighted by atomic mass is 9.83. The fourth-order valence-corrected chi connectivity index (χ4v) is 4.21. The second-order valence-electron chi connectivity index (χ2n) is 7.44. The van der Waals surface area contributed by atoms with E-state index in [2.05, 4.69) is 36.5 Å². The number of likely N-dealkylation sites (N-methyl/N-ethyl adjacent to an activating group) is 1. The first kappa shape index (κ1) is 16.5. The van der Waals surface area contributed by atoms with Gasteiger partial charge in [0.15, 0.2) is 0 Å². The molecule has 3 heteroatoms. The van der Waals surface area contributed by atoms with E-state index in [0.717, 1.165) is 32.4 Å². The summed E-state index contributed by atoms with van der Waals surface area (Å²) in [5, 5.41) is 3.41. The van der Waals surface area contributed by atoms with Gasteiger partial charge in [-0.2, -0.15) is 0 Å². The van der Waals surface area contributed by atoms with E-state index in [1.807, 2.05) is 11.9 Å². The Morgan fingerprint density at radius 2 is 1.91 bits per heavy atom. The second kappa shape index (κ2) is 7.48. The number of aryl methyl sites for hydroxylation is 1. The number of nitrogens with zero attached hydrogens (tertiary/aromatic N) is 1. The molecule has 1 fully saturated rings. The van der Waals surface area contributed by atoms with Crippen molar-refractivity contribution in [2.75, 3.05) is 20.1 Å². The van der Waals surface area contributed by atoms with Crippen LogP contribution >= 0.6 is 0 Å². The Bertz CT molecular complexity index is 536. The Kier molecular flexibility index (Phi) is 5.37. The molecule has 0 aromatic heterocycles. The summed E-state index contributed by atoms with van der Waals surface area (Å²) in [5.74, 6) is 1.55. The summed E-state index contributed by atoms with van der Waals surface area (Å²) in [4.78, 5) is 14.8. The highest BCUT2D eigenvalue weighted by Gasteiger charge is 2.28. The summed E-state index contributed by atoms with van der Waals surface area (Å²) < 4.78 is 0. The van der Waals surface area contributed by atoms with E-state index in [1.54, 1.807) is 0 Å². The Balaban J connectivity index is 1.55. The van der Waals surface area contributed by atoms with Crippen LogP contribution in [-0.2, 0) is 17.6 Å². The van der Waals surface area contributed by atoms with Crippen LogP contribution in [0.15, 0.2) is 24.3 Å². The highest BCUT2D eigenvalue weighted by atomic mass is 16.2. The van der Waals surface area contributed by atoms with Crippen LogP contribution in [0.25, 0.3) is 0 Å². The number of piperidine rings is 1. The molecule has 1 aliphatic heterocycles. The number of rotatable bonds is 4. The fourth-order valence-electron chi connectivity index (χ4n) is 4.21. The molecule has 2 unspecified atom stereocenters. The highest BCUT2D eigenvalue weighted by Crippen LogP contribution is 2.27. The van der Waals surface area contributed by atoms with Gasteiger partial charge in [-0.25, -0.2) is 0 Å². The third-order valence-electron chi connectivity index (χ3n) is 5.95. The number of hydrogen-bond donors (Lipinski definition) is 1. The summed E-state index contributed by atoms with van der Waals surface area (Å²) in [7, 11) is 2.01. The van der Waals surface area contributed by atoms with Gasteiger partial charge < -0.3 is 10.2 Å². The van der Waals surface area contributed by atoms with E-state index < -0.39 is 0 Å². The van der Waals surface area contributed by atoms with Crippen molar-refractivity contribution in [3.63, 3.8) is 0 Å². The largest absolute Gasteiger partial charge is 0.342 e. The summed E-state index contributed by atoms with van der Waals surface area (Å²) in [6, 6.07) is 9.05. The molecule has 1 saturated heterocycles. The molecule has 1 aliphatic carbocycles. The van der Waals surface area contributed by atoms with Crippen LogP contribution in [0.2, 0.25) is 0 Å². The van der Waals surface area contributed by atoms with Crippen LogP contribution in [0.5, 0.6) is 0 Å². The molecule has 1 aromatic rings. The Hall–Kier alpha value is -1.35. The first-order valence-corrected chi connectivity index (χ1v) is 9.18. The monoisotopic (exact) mass is 314 g/mol. The summed E-state index contributed by atoms with van der Waals surface area (Å²) >= 11 is 0. The van der Waals surface area contributed by atoms with Crippen LogP contribution in [0.4, 0.5) is 0 Å². The van der Waals surface area contributed by atoms with Crippen LogP contribution in [0.3, 0.4) is 0 Å². The number of nitrogens with one attached hydrogen (secondary N) is 1. The molecular formula is C20H30N2O. The number of hydrogen-bond acceptors (Lipinski definition) is 2. The van der Waals surface area contributed by atoms with Crippen molar-refractivity contribution < 1.29 is 4.79 Å². The van der Waals surface area contributed by atoms with E-state index in [1.165, 1.54) is 24.0 Å². The number of benzene rings is 1. The van der Waals surface area contributed by atoms with Gasteiger partial charge in [-0.3, -0.25) is 4.79 Å². The van der Waals surface area contributed by atoms with Crippen LogP contribution in [0, 0.1) is 11.8 Å². The van der Waals surface area contributed by atoms with Crippen LogP contribution in [0.1, 0.15) is 43.7 Å². The van der Waals surface area contributed by atoms with E-state index in [4.69, 9.17) is 0 Å². The zero-order valence-corrected chi connectivity index (χ0v) is 14.6. The maximum atomic E-state index is 12.7. The third kappa shape index (κ3) is 3.95. The first-order chi connectivity index (χ1) is 11.1. The van der Waals surface area contributed by atoms with Crippen molar-refractivity contribution >= 4 is 5.91 Å². The summed E-state index contributed by atoms with van der Waals surface area (Å²) in [6.45, 7) is 4.48. The smallest absolute Gasteiger partial charge is 0.222 e. The van der Waals surface area contributed by atoms with Gasteiger partial charge in [0.25, 0.3) is 0 Å². The van der Waals surface area contributed by atoms with Gasteiger partial charge >= 0.3 is 0 Å². The van der Waals surface area contributed by atoms with E-state index in [9.17, 15) is 4.79 Å². The van der Waals surface area contributed by atoms with E-state index in [-0.39, 0.29) is 0 Å². The van der Waals surface area contributed by atoms with Gasteiger partial charge in [0, 0.05) is 19.5 Å². The van der Waals surface area contributed by atoms with Crippen LogP contribution < -0.4 is 5.32 Å². The van der Waals surface area contributed by atoms with E-state index >= 15 is 0 Å². The molecule has 0 radical (unpaired) electrons. The summed E-state index contributed by atoms with van der Waals surface area (Å²) in [5.41, 5.74) is 2.89. The predicted molar refractivity (Wildman–Crippen MR) is 94.4 cm³/mol. The molecule has 126 valence electrons. The molecule has 0 spiro atoms. The van der Waals surface area contributed by atoms with Crippen molar-refractivity contribution in [2.24, 2.45) is 11.8 Å². The number of amides is 1. The average molecular weight is 314 g/mol. The molecule has 1 amide bonds. The van der Waals surface area contributed by atoms with Gasteiger partial charge in [-0.1, -0.05) is 31.2 Å². The SMILES string of the molecule is CC(CC(=O)N(C)C1CCc2ccccc2C1)C1CCNCC1. The molecule has 2 aliphatic rings. The Morgan fingerprint density at radius 3 is 2.65 bits per heavy atom. The lowest BCUT2D eigenvalue weighted by Crippen LogP contribution is -2.42. The average Bonchev–Trinajstić information content (AvgIpc) is 2.61. The van der Waals surface area contributed by atoms with Crippen molar-refractivity contribution in [2.45, 2.75) is 51.5 Å². The Labute approximate surface area is 140 Å². The molecule has 0 bridgehead atoms. The van der Waals surface area contributed by atoms with Gasteiger partial charge in [-0.05, 0) is 68.2 Å². The fraction of sp³-hybridized carbons (Fsp3) is 0.650. The third-order valence-corrected chi connectivity index (χ3v) is 5.95. The number of carbonyl (C=O) groups excluding carboxylic acids is 1. The Morgan fingerprint density at radius 1 is 1.22 bits per heavy atom. The van der Waals surface area contributed by atoms with Gasteiger partial charge in [0.05, 0.1) is 0 Å². The molecule has 2 atom stereocenters. The molecule has 1 N–H and O–H groups in total. The number of carbonyl (C=O) groups is 1. The van der Waals surface area contributed by atoms with Gasteiger partial charge in [-0.15, -0.1) is 0 Å². The highest BCUT2D eigenvalue weighted by molar-refractivity contribution is 5.76. The molecule has 3 nitrogen and oxygen atoms in total. The molecule has 1 heterocycles. The molecule has 1 aromatic carbocycles. The zero-order chi connectivity index (χ0) is 16.2. The van der Waals surface area contributed by atoms with Crippen molar-refractivity contribution in [1.82, 2.24) is 10.2 Å². The van der Waals surface area contributed by atoms with Crippen LogP contribution in [-0.4, -0.2) is 37.0 Å². The quantitative estimate of drug-likeness (QED) is 0.926. The maximum Gasteiger partial charge on any atom is 0.222 e. The van der Waals surface area contributed by atoms with E-state index in [0.29, 0.717) is 30.2 Å². The molecule has 23 heavy (non-hydrogen) atoms. The number of fused-ring (bicyclic) bond motifs is 1. The van der Waals surface area contributed by atoms with Gasteiger partial charge in [0.2, 0.25) is 5.91 Å². The van der Waals surface area contributed by atoms with Gasteiger partial charge in [0.1, 0.15) is 0 Å². The molecule has 3 rings (SSSR count). The lowest BCUT2D eigenvalue weighted by Gasteiger charge is -2.34. The molecule has 0 saturated carbocycles. The van der Waals surface area contributed by atoms with Crippen molar-refractivity contribution in [3.05, 3.63) is 35.4 Å². The normalized spacial score (nSPS) is 23.1. The van der Waals surface area contributed by atoms with Crippen molar-refractivity contribution in [1.29, 1.82) is 0 Å². The topological polar surface area (TPSA) is 32.3 Å². The predicted octanol–water partition coefficient (Wildman–Crippen LogP) is 3.03. The maximum absolute atomic E-state index is 12.7. The zero-order valence-electron chi connectivity index (χ0n) is 14.6. The van der Waals surface area contributed by atoms with Crippen molar-refractivity contribution in [3.8, 4) is 0 Å². The summed E-state index contributed by atoms with van der Waals surface area (Å²) in [6.07, 6.45) is 6.35. The molecular weight excluding hydrogens is 284 g/mol. The minimum Gasteiger partial charge on any atom is -0.342 e. The lowest BCUT2D eigenvalue weighted by molar-refractivity contribution is -0.133. The first-order valence-electron chi connectivity index (χ1n) is 9.18. The second-order valence-corrected chi connectivity index (χ2v) is 7.44. The standard InChI is InChI=1S/C20H30N2O/c1-15(16-9-11-21-12-10-16)13-20(23)22(2)19-8-7-17-5-3-4-6-18(17)14-19/h3-6,15-16,19,21H,7-14H2,1-2H3. The minimum absolute atomic E-state index is 0.334.